The maximum Gasteiger partial charge on any atom is 0.199 e. The molecule has 2 saturated heterocycles. The van der Waals surface area contributed by atoms with Crippen molar-refractivity contribution in [2.75, 3.05) is 13.2 Å². The number of benzene rings is 1. The van der Waals surface area contributed by atoms with E-state index in [9.17, 15) is 0 Å². The molecule has 0 saturated carbocycles. The lowest BCUT2D eigenvalue weighted by Gasteiger charge is -2.25. The van der Waals surface area contributed by atoms with E-state index in [0.717, 1.165) is 68.8 Å². The molecule has 1 aromatic rings. The maximum absolute atomic E-state index is 5.98. The minimum atomic E-state index is -0.168. The van der Waals surface area contributed by atoms with Crippen molar-refractivity contribution in [2.24, 2.45) is 0 Å². The second-order valence-corrected chi connectivity index (χ2v) is 6.04. The van der Waals surface area contributed by atoms with E-state index in [1.54, 1.807) is 0 Å². The summed E-state index contributed by atoms with van der Waals surface area (Å²) >= 11 is 5.98. The van der Waals surface area contributed by atoms with E-state index in [-0.39, 0.29) is 12.6 Å². The molecular formula is C17H23ClO4. The molecule has 0 N–H and O–H groups in total. The molecule has 4 nitrogen and oxygen atoms in total. The van der Waals surface area contributed by atoms with Crippen molar-refractivity contribution < 1.29 is 18.9 Å². The summed E-state index contributed by atoms with van der Waals surface area (Å²) in [6.07, 6.45) is 6.00. The first kappa shape index (κ1) is 15.9. The van der Waals surface area contributed by atoms with Gasteiger partial charge in [0.2, 0.25) is 0 Å². The van der Waals surface area contributed by atoms with Gasteiger partial charge in [-0.3, -0.25) is 0 Å². The van der Waals surface area contributed by atoms with E-state index >= 15 is 0 Å². The van der Waals surface area contributed by atoms with Gasteiger partial charge in [0.1, 0.15) is 11.5 Å². The largest absolute Gasteiger partial charge is 0.465 e. The molecule has 0 spiro atoms. The van der Waals surface area contributed by atoms with Crippen molar-refractivity contribution in [2.45, 2.75) is 57.0 Å². The van der Waals surface area contributed by atoms with Gasteiger partial charge in [-0.1, -0.05) is 0 Å². The van der Waals surface area contributed by atoms with Crippen LogP contribution < -0.4 is 9.47 Å². The molecule has 2 aliphatic heterocycles. The van der Waals surface area contributed by atoms with E-state index in [4.69, 9.17) is 30.5 Å². The quantitative estimate of drug-likeness (QED) is 0.758. The molecule has 3 rings (SSSR count). The molecule has 2 heterocycles. The lowest BCUT2D eigenvalue weighted by atomic mass is 10.2. The summed E-state index contributed by atoms with van der Waals surface area (Å²) < 4.78 is 23.1. The third-order valence-corrected chi connectivity index (χ3v) is 4.21. The Bertz CT molecular complexity index is 429. The molecule has 2 aliphatic rings. The zero-order valence-corrected chi connectivity index (χ0v) is 13.5. The number of ether oxygens (including phenoxy) is 4. The Labute approximate surface area is 136 Å². The van der Waals surface area contributed by atoms with E-state index in [2.05, 4.69) is 0 Å². The predicted molar refractivity (Wildman–Crippen MR) is 84.4 cm³/mol. The van der Waals surface area contributed by atoms with Crippen molar-refractivity contribution in [3.05, 3.63) is 23.8 Å². The Morgan fingerprint density at radius 3 is 1.82 bits per heavy atom. The first-order valence-corrected chi connectivity index (χ1v) is 8.63. The van der Waals surface area contributed by atoms with Gasteiger partial charge in [0.15, 0.2) is 12.6 Å². The summed E-state index contributed by atoms with van der Waals surface area (Å²) in [5.41, 5.74) is 0.973. The number of alkyl halides is 1. The number of halogens is 1. The second-order valence-electron chi connectivity index (χ2n) is 5.77. The highest BCUT2D eigenvalue weighted by Crippen LogP contribution is 2.28. The third kappa shape index (κ3) is 4.51. The van der Waals surface area contributed by atoms with Crippen LogP contribution in [0.3, 0.4) is 0 Å². The molecule has 22 heavy (non-hydrogen) atoms. The summed E-state index contributed by atoms with van der Waals surface area (Å²) in [6, 6.07) is 5.78. The molecule has 0 aliphatic carbocycles. The standard InChI is InChI=1S/C17H23ClO4/c18-12-13-9-14(21-16-5-1-3-7-19-16)11-15(10-13)22-17-6-2-4-8-20-17/h9-11,16-17H,1-8,12H2. The smallest absolute Gasteiger partial charge is 0.199 e. The van der Waals surface area contributed by atoms with Gasteiger partial charge in [-0.05, 0) is 43.4 Å². The van der Waals surface area contributed by atoms with Gasteiger partial charge < -0.3 is 18.9 Å². The molecule has 0 amide bonds. The Kier molecular flexibility index (Phi) is 5.82. The van der Waals surface area contributed by atoms with E-state index < -0.39 is 0 Å². The van der Waals surface area contributed by atoms with Gasteiger partial charge in [0, 0.05) is 24.8 Å². The molecule has 0 bridgehead atoms. The summed E-state index contributed by atoms with van der Waals surface area (Å²) in [6.45, 7) is 1.53. The van der Waals surface area contributed by atoms with Gasteiger partial charge in [0.25, 0.3) is 0 Å². The third-order valence-electron chi connectivity index (χ3n) is 3.91. The minimum Gasteiger partial charge on any atom is -0.465 e. The molecular weight excluding hydrogens is 304 g/mol. The van der Waals surface area contributed by atoms with Crippen molar-refractivity contribution in [1.82, 2.24) is 0 Å². The van der Waals surface area contributed by atoms with E-state index in [0.29, 0.717) is 5.88 Å². The van der Waals surface area contributed by atoms with Gasteiger partial charge in [0.05, 0.1) is 13.2 Å². The van der Waals surface area contributed by atoms with E-state index in [1.807, 2.05) is 18.2 Å². The zero-order valence-electron chi connectivity index (χ0n) is 12.8. The lowest BCUT2D eigenvalue weighted by molar-refractivity contribution is -0.109. The van der Waals surface area contributed by atoms with Crippen molar-refractivity contribution >= 4 is 11.6 Å². The topological polar surface area (TPSA) is 36.9 Å². The van der Waals surface area contributed by atoms with Gasteiger partial charge in [-0.2, -0.15) is 0 Å². The molecule has 2 atom stereocenters. The zero-order chi connectivity index (χ0) is 15.2. The van der Waals surface area contributed by atoms with Crippen LogP contribution in [-0.4, -0.2) is 25.8 Å². The highest BCUT2D eigenvalue weighted by atomic mass is 35.5. The summed E-state index contributed by atoms with van der Waals surface area (Å²) in [4.78, 5) is 0. The SMILES string of the molecule is ClCc1cc(OC2CCCCO2)cc(OC2CCCCO2)c1. The van der Waals surface area contributed by atoms with Gasteiger partial charge >= 0.3 is 0 Å². The van der Waals surface area contributed by atoms with Crippen molar-refractivity contribution in [3.63, 3.8) is 0 Å². The Morgan fingerprint density at radius 2 is 1.41 bits per heavy atom. The van der Waals surface area contributed by atoms with Crippen LogP contribution in [0, 0.1) is 0 Å². The van der Waals surface area contributed by atoms with Gasteiger partial charge in [-0.15, -0.1) is 11.6 Å². The van der Waals surface area contributed by atoms with Crippen molar-refractivity contribution in [1.29, 1.82) is 0 Å². The molecule has 2 unspecified atom stereocenters. The first-order chi connectivity index (χ1) is 10.8. The summed E-state index contributed by atoms with van der Waals surface area (Å²) in [5, 5.41) is 0. The Hall–Kier alpha value is -0.970. The lowest BCUT2D eigenvalue weighted by Crippen LogP contribution is -2.26. The van der Waals surface area contributed by atoms with Crippen LogP contribution >= 0.6 is 11.6 Å². The fourth-order valence-electron chi connectivity index (χ4n) is 2.76. The summed E-state index contributed by atoms with van der Waals surface area (Å²) in [7, 11) is 0. The second kappa shape index (κ2) is 8.04. The monoisotopic (exact) mass is 326 g/mol. The minimum absolute atomic E-state index is 0.168. The predicted octanol–water partition coefficient (Wildman–Crippen LogP) is 4.24. The molecule has 5 heteroatoms. The highest BCUT2D eigenvalue weighted by Gasteiger charge is 2.18. The molecule has 0 radical (unpaired) electrons. The average Bonchev–Trinajstić information content (AvgIpc) is 2.56. The van der Waals surface area contributed by atoms with Crippen molar-refractivity contribution in [3.8, 4) is 11.5 Å². The van der Waals surface area contributed by atoms with Crippen LogP contribution in [-0.2, 0) is 15.4 Å². The van der Waals surface area contributed by atoms with Crippen LogP contribution in [0.4, 0.5) is 0 Å². The summed E-state index contributed by atoms with van der Waals surface area (Å²) in [5.74, 6) is 1.91. The Morgan fingerprint density at radius 1 is 0.864 bits per heavy atom. The number of rotatable bonds is 5. The first-order valence-electron chi connectivity index (χ1n) is 8.10. The average molecular weight is 327 g/mol. The van der Waals surface area contributed by atoms with Crippen LogP contribution in [0.2, 0.25) is 0 Å². The molecule has 1 aromatic carbocycles. The van der Waals surface area contributed by atoms with Gasteiger partial charge in [-0.25, -0.2) is 0 Å². The number of hydrogen-bond donors (Lipinski definition) is 0. The normalized spacial score (nSPS) is 25.7. The fourth-order valence-corrected chi connectivity index (χ4v) is 2.91. The van der Waals surface area contributed by atoms with E-state index in [1.165, 1.54) is 0 Å². The van der Waals surface area contributed by atoms with Crippen LogP contribution in [0.1, 0.15) is 44.1 Å². The fraction of sp³-hybridized carbons (Fsp3) is 0.647. The molecule has 122 valence electrons. The Balaban J connectivity index is 1.67. The maximum atomic E-state index is 5.98. The van der Waals surface area contributed by atoms with Crippen LogP contribution in [0.5, 0.6) is 11.5 Å². The van der Waals surface area contributed by atoms with Crippen LogP contribution in [0.15, 0.2) is 18.2 Å². The van der Waals surface area contributed by atoms with Crippen LogP contribution in [0.25, 0.3) is 0 Å². The number of hydrogen-bond acceptors (Lipinski definition) is 4. The molecule has 0 aromatic heterocycles. The highest BCUT2D eigenvalue weighted by molar-refractivity contribution is 6.17. The molecule has 2 fully saturated rings.